The van der Waals surface area contributed by atoms with Crippen LogP contribution in [-0.2, 0) is 41.5 Å². The van der Waals surface area contributed by atoms with Crippen LogP contribution in [0, 0.1) is 41.8 Å². The van der Waals surface area contributed by atoms with E-state index in [-0.39, 0.29) is 47.3 Å². The molecule has 0 fully saturated rings. The van der Waals surface area contributed by atoms with Gasteiger partial charge in [-0.3, -0.25) is 12.2 Å². The van der Waals surface area contributed by atoms with Crippen LogP contribution in [0.15, 0.2) is 96.6 Å². The quantitative estimate of drug-likeness (QED) is 0.137. The summed E-state index contributed by atoms with van der Waals surface area (Å²) in [7, 11) is 0. The van der Waals surface area contributed by atoms with Crippen LogP contribution in [0.25, 0.3) is 22.3 Å². The number of hydrogen-bond acceptors (Lipinski definition) is 0. The van der Waals surface area contributed by atoms with E-state index < -0.39 is 0 Å². The van der Waals surface area contributed by atoms with Crippen molar-refractivity contribution in [3.63, 3.8) is 0 Å². The van der Waals surface area contributed by atoms with Gasteiger partial charge in [-0.2, -0.15) is 48.0 Å². The fraction of sp³-hybridized carbons (Fsp3) is 0.267. The summed E-state index contributed by atoms with van der Waals surface area (Å²) in [5.74, 6) is 0.137. The third-order valence-corrected chi connectivity index (χ3v) is 8.87. The molecule has 4 aromatic carbocycles. The van der Waals surface area contributed by atoms with Crippen molar-refractivity contribution in [1.29, 1.82) is 0 Å². The molecule has 5 heteroatoms. The van der Waals surface area contributed by atoms with Gasteiger partial charge in [-0.1, -0.05) is 71.1 Å². The Morgan fingerprint density at radius 2 is 1.20 bits per heavy atom. The van der Waals surface area contributed by atoms with Crippen LogP contribution in [0.1, 0.15) is 88.8 Å². The van der Waals surface area contributed by atoms with Crippen molar-refractivity contribution >= 4 is 40.2 Å². The second kappa shape index (κ2) is 18.5. The van der Waals surface area contributed by atoms with E-state index in [1.807, 2.05) is 6.08 Å². The van der Waals surface area contributed by atoms with Crippen LogP contribution >= 0.6 is 24.8 Å². The average molecular weight is 787 g/mol. The summed E-state index contributed by atoms with van der Waals surface area (Å²) in [5, 5.41) is 0. The zero-order chi connectivity index (χ0) is 35.2. The summed E-state index contributed by atoms with van der Waals surface area (Å²) in [6, 6.07) is 26.8. The number of benzene rings is 4. The normalized spacial score (nSPS) is 16.7. The molecule has 0 spiro atoms. The number of allylic oxidation sites excluding steroid dienone is 8. The summed E-state index contributed by atoms with van der Waals surface area (Å²) >= 11 is 1.30. The first-order valence-electron chi connectivity index (χ1n) is 16.3. The SMILES string of the molecule is CC1=CC(C)[C-]=C1.CC1=[C-]C(C)(C)c2cc3c(cc21)-c1cc2c(cc1C3)C(C)(C)C=C2C.Cl.Cl.Fc1cc[c-]cc1.Fc1cc[c-]cc1.[CH2]=[Zr]. The van der Waals surface area contributed by atoms with Gasteiger partial charge in [-0.15, -0.1) is 67.6 Å². The Hall–Kier alpha value is -2.97. The molecule has 262 valence electrons. The molecular formula is C45H46Cl2F2Zr-4. The molecule has 0 aromatic heterocycles. The number of rotatable bonds is 0. The summed E-state index contributed by atoms with van der Waals surface area (Å²) < 4.78 is 27.1. The third kappa shape index (κ3) is 10.3. The molecule has 0 saturated carbocycles. The molecule has 1 unspecified atom stereocenters. The Labute approximate surface area is 326 Å². The molecule has 1 atom stereocenters. The molecule has 4 aromatic rings. The summed E-state index contributed by atoms with van der Waals surface area (Å²) in [4.78, 5) is 0. The van der Waals surface area contributed by atoms with Crippen molar-refractivity contribution in [1.82, 2.24) is 0 Å². The fourth-order valence-electron chi connectivity index (χ4n) is 6.76. The molecule has 0 aliphatic heterocycles. The van der Waals surface area contributed by atoms with Gasteiger partial charge < -0.3 is 0 Å². The van der Waals surface area contributed by atoms with Crippen molar-refractivity contribution in [2.75, 3.05) is 0 Å². The van der Waals surface area contributed by atoms with E-state index in [1.165, 1.54) is 134 Å². The third-order valence-electron chi connectivity index (χ3n) is 8.87. The van der Waals surface area contributed by atoms with Crippen LogP contribution in [0.3, 0.4) is 0 Å². The van der Waals surface area contributed by atoms with Crippen molar-refractivity contribution in [3.8, 4) is 11.1 Å². The Balaban J connectivity index is 0.000000284. The van der Waals surface area contributed by atoms with Crippen molar-refractivity contribution in [2.24, 2.45) is 5.92 Å². The fourth-order valence-corrected chi connectivity index (χ4v) is 6.76. The molecule has 0 N–H and O–H groups in total. The van der Waals surface area contributed by atoms with Crippen LogP contribution in [0.4, 0.5) is 8.78 Å². The molecule has 0 amide bonds. The second-order valence-corrected chi connectivity index (χ2v) is 13.7. The van der Waals surface area contributed by atoms with Crippen LogP contribution in [0.2, 0.25) is 0 Å². The van der Waals surface area contributed by atoms with Gasteiger partial charge in [0, 0.05) is 17.0 Å². The Morgan fingerprint density at radius 3 is 1.60 bits per heavy atom. The molecule has 50 heavy (non-hydrogen) atoms. The minimum atomic E-state index is -0.209. The zero-order valence-electron chi connectivity index (χ0n) is 30.2. The standard InChI is InChI=1S/C25H25.C7H9.2C6H4F.CH2.2ClH.Zr/c1-14-12-24(3,4)22-8-16-7-17-9-23-19(15(2)13-25(23,5)6)11-21(17)20(16)10-18(14)22;1-6-3-4-7(2)5-6;2*7-6-4-2-1-3-5-6;;;;/h8-12H,7H2,1-6H3;3,5,7H,1-2H3;2*2-5H;1H2;2*1H;/q4*-1;;;;. The minimum absolute atomic E-state index is 0. The van der Waals surface area contributed by atoms with Crippen LogP contribution in [-0.4, -0.2) is 4.21 Å². The average Bonchev–Trinajstić information content (AvgIpc) is 3.74. The molecule has 0 bridgehead atoms. The van der Waals surface area contributed by atoms with E-state index in [9.17, 15) is 8.78 Å². The van der Waals surface area contributed by atoms with Gasteiger partial charge >= 0.3 is 28.4 Å². The zero-order valence-corrected chi connectivity index (χ0v) is 34.3. The van der Waals surface area contributed by atoms with Crippen molar-refractivity contribution < 1.29 is 33.0 Å². The van der Waals surface area contributed by atoms with Crippen molar-refractivity contribution in [3.05, 3.63) is 166 Å². The van der Waals surface area contributed by atoms with Gasteiger partial charge in [0.25, 0.3) is 0 Å². The van der Waals surface area contributed by atoms with E-state index in [4.69, 9.17) is 0 Å². The Morgan fingerprint density at radius 1 is 0.720 bits per heavy atom. The van der Waals surface area contributed by atoms with Crippen LogP contribution in [0.5, 0.6) is 0 Å². The van der Waals surface area contributed by atoms with Gasteiger partial charge in [0.05, 0.1) is 0 Å². The Bertz CT molecular complexity index is 1760. The van der Waals surface area contributed by atoms with Gasteiger partial charge in [0.15, 0.2) is 0 Å². The van der Waals surface area contributed by atoms with E-state index in [0.717, 1.165) is 6.42 Å². The maximum atomic E-state index is 11.9. The van der Waals surface area contributed by atoms with Crippen LogP contribution < -0.4 is 0 Å². The second-order valence-electron chi connectivity index (χ2n) is 13.7. The van der Waals surface area contributed by atoms with Gasteiger partial charge in [0.1, 0.15) is 0 Å². The maximum absolute atomic E-state index is 11.9. The molecule has 4 aliphatic rings. The number of hydrogen-bond donors (Lipinski definition) is 0. The van der Waals surface area contributed by atoms with E-state index in [0.29, 0.717) is 5.92 Å². The monoisotopic (exact) mass is 784 g/mol. The van der Waals surface area contributed by atoms with E-state index in [1.54, 1.807) is 0 Å². The Kier molecular flexibility index (Phi) is 16.0. The van der Waals surface area contributed by atoms with Gasteiger partial charge in [-0.05, 0) is 58.4 Å². The first kappa shape index (κ1) is 43.2. The molecule has 8 rings (SSSR count). The topological polar surface area (TPSA) is 0 Å². The number of halogens is 4. The first-order valence-corrected chi connectivity index (χ1v) is 18.0. The number of fused-ring (bicyclic) bond motifs is 5. The molecule has 0 saturated heterocycles. The van der Waals surface area contributed by atoms with Gasteiger partial charge in [0.2, 0.25) is 0 Å². The molecular weight excluding hydrogens is 741 g/mol. The predicted octanol–water partition coefficient (Wildman–Crippen LogP) is 12.5. The predicted molar refractivity (Wildman–Crippen MR) is 210 cm³/mol. The van der Waals surface area contributed by atoms with E-state index in [2.05, 4.69) is 120 Å². The molecule has 0 nitrogen and oxygen atoms in total. The molecule has 0 heterocycles. The summed E-state index contributed by atoms with van der Waals surface area (Å²) in [6.07, 6.45) is 14.5. The first-order chi connectivity index (χ1) is 22.7. The molecule has 4 aliphatic carbocycles. The van der Waals surface area contributed by atoms with Crippen molar-refractivity contribution in [2.45, 2.75) is 72.6 Å². The van der Waals surface area contributed by atoms with E-state index >= 15 is 0 Å². The van der Waals surface area contributed by atoms with Gasteiger partial charge in [-0.25, -0.2) is 26.0 Å². The summed E-state index contributed by atoms with van der Waals surface area (Å²) in [5.41, 5.74) is 15.9. The summed E-state index contributed by atoms with van der Waals surface area (Å²) in [6.45, 7) is 17.9. The molecule has 0 radical (unpaired) electrons.